The number of hydrogen-bond acceptors (Lipinski definition) is 4. The maximum atomic E-state index is 5.57. The Hall–Kier alpha value is -0.680. The number of nitrogens with two attached hydrogens (primary N) is 1. The van der Waals surface area contributed by atoms with Gasteiger partial charge in [-0.15, -0.1) is 0 Å². The normalized spacial score (nSPS) is 20.9. The van der Waals surface area contributed by atoms with Crippen molar-refractivity contribution in [3.63, 3.8) is 0 Å². The summed E-state index contributed by atoms with van der Waals surface area (Å²) in [5.41, 5.74) is 6.31. The molecule has 4 nitrogen and oxygen atoms in total. The van der Waals surface area contributed by atoms with E-state index in [0.29, 0.717) is 6.10 Å². The Morgan fingerprint density at radius 1 is 1.67 bits per heavy atom. The molecule has 1 fully saturated rings. The summed E-state index contributed by atoms with van der Waals surface area (Å²) in [5, 5.41) is 4.13. The van der Waals surface area contributed by atoms with E-state index in [4.69, 9.17) is 10.5 Å². The molecule has 5 heteroatoms. The Bertz CT molecular complexity index is 297. The van der Waals surface area contributed by atoms with Crippen LogP contribution in [-0.4, -0.2) is 34.0 Å². The quantitative estimate of drug-likeness (QED) is 0.772. The minimum Gasteiger partial charge on any atom is -0.396 e. The van der Waals surface area contributed by atoms with E-state index in [1.165, 1.54) is 12.8 Å². The first-order valence-corrected chi connectivity index (χ1v) is 6.47. The summed E-state index contributed by atoms with van der Waals surface area (Å²) in [5.74, 6) is 2.18. The van der Waals surface area contributed by atoms with Crippen LogP contribution in [-0.2, 0) is 11.3 Å². The molecular formula is C10H17N3OS. The Morgan fingerprint density at radius 2 is 2.60 bits per heavy atom. The number of nitrogen functional groups attached to an aromatic ring is 1. The van der Waals surface area contributed by atoms with E-state index < -0.39 is 0 Å². The lowest BCUT2D eigenvalue weighted by Gasteiger charge is -2.08. The molecule has 2 heterocycles. The number of ether oxygens (including phenoxy) is 1. The van der Waals surface area contributed by atoms with Crippen LogP contribution in [0.25, 0.3) is 0 Å². The lowest BCUT2D eigenvalue weighted by atomic mass is 10.3. The second-order valence-electron chi connectivity index (χ2n) is 3.75. The second kappa shape index (κ2) is 5.42. The molecule has 0 amide bonds. The average Bonchev–Trinajstić information content (AvgIpc) is 2.84. The number of rotatable bonds is 5. The van der Waals surface area contributed by atoms with Gasteiger partial charge in [-0.2, -0.15) is 16.9 Å². The fourth-order valence-corrected chi connectivity index (χ4v) is 2.66. The van der Waals surface area contributed by atoms with Gasteiger partial charge in [-0.1, -0.05) is 0 Å². The largest absolute Gasteiger partial charge is 0.396 e. The van der Waals surface area contributed by atoms with E-state index in [1.54, 1.807) is 6.20 Å². The van der Waals surface area contributed by atoms with E-state index >= 15 is 0 Å². The molecule has 1 unspecified atom stereocenters. The second-order valence-corrected chi connectivity index (χ2v) is 4.90. The van der Waals surface area contributed by atoms with E-state index in [1.807, 2.05) is 22.6 Å². The molecule has 0 saturated carbocycles. The first kappa shape index (κ1) is 10.8. The van der Waals surface area contributed by atoms with Gasteiger partial charge >= 0.3 is 0 Å². The molecule has 1 atom stereocenters. The van der Waals surface area contributed by atoms with Gasteiger partial charge in [0.15, 0.2) is 0 Å². The fraction of sp³-hybridized carbons (Fsp3) is 0.700. The molecule has 0 spiro atoms. The number of aryl methyl sites for hydroxylation is 1. The van der Waals surface area contributed by atoms with Crippen LogP contribution in [0.15, 0.2) is 12.4 Å². The van der Waals surface area contributed by atoms with Crippen molar-refractivity contribution in [3.05, 3.63) is 12.4 Å². The maximum absolute atomic E-state index is 5.57. The molecule has 84 valence electrons. The molecule has 1 aliphatic heterocycles. The average molecular weight is 227 g/mol. The lowest BCUT2D eigenvalue weighted by molar-refractivity contribution is 0.129. The molecular weight excluding hydrogens is 210 g/mol. The third kappa shape index (κ3) is 3.43. The molecule has 2 rings (SSSR count). The summed E-state index contributed by atoms with van der Waals surface area (Å²) < 4.78 is 7.43. The van der Waals surface area contributed by atoms with Crippen LogP contribution in [0.5, 0.6) is 0 Å². The molecule has 1 aliphatic rings. The van der Waals surface area contributed by atoms with E-state index in [9.17, 15) is 0 Å². The third-order valence-electron chi connectivity index (χ3n) is 2.45. The molecule has 1 saturated heterocycles. The van der Waals surface area contributed by atoms with Gasteiger partial charge in [0.1, 0.15) is 0 Å². The molecule has 1 aromatic rings. The van der Waals surface area contributed by atoms with Crippen molar-refractivity contribution in [2.24, 2.45) is 0 Å². The number of anilines is 1. The SMILES string of the molecule is Nc1cnn(CCSCC2CCCO2)c1. The lowest BCUT2D eigenvalue weighted by Crippen LogP contribution is -2.10. The summed E-state index contributed by atoms with van der Waals surface area (Å²) in [6, 6.07) is 0. The van der Waals surface area contributed by atoms with Crippen molar-refractivity contribution in [3.8, 4) is 0 Å². The van der Waals surface area contributed by atoms with Gasteiger partial charge < -0.3 is 10.5 Å². The molecule has 2 N–H and O–H groups in total. The van der Waals surface area contributed by atoms with Crippen molar-refractivity contribution >= 4 is 17.4 Å². The Kier molecular flexibility index (Phi) is 3.91. The van der Waals surface area contributed by atoms with Gasteiger partial charge in [-0.25, -0.2) is 0 Å². The summed E-state index contributed by atoms with van der Waals surface area (Å²) >= 11 is 1.93. The highest BCUT2D eigenvalue weighted by molar-refractivity contribution is 7.99. The summed E-state index contributed by atoms with van der Waals surface area (Å²) in [4.78, 5) is 0. The molecule has 0 aromatic carbocycles. The van der Waals surface area contributed by atoms with Gasteiger partial charge in [-0.05, 0) is 12.8 Å². The minimum absolute atomic E-state index is 0.484. The predicted molar refractivity (Wildman–Crippen MR) is 62.9 cm³/mol. The van der Waals surface area contributed by atoms with Gasteiger partial charge in [0.2, 0.25) is 0 Å². The molecule has 0 aliphatic carbocycles. The predicted octanol–water partition coefficient (Wildman–Crippen LogP) is 1.38. The van der Waals surface area contributed by atoms with Crippen molar-refractivity contribution in [1.29, 1.82) is 0 Å². The Balaban J connectivity index is 1.58. The topological polar surface area (TPSA) is 53.1 Å². The monoisotopic (exact) mass is 227 g/mol. The van der Waals surface area contributed by atoms with Crippen LogP contribution < -0.4 is 5.73 Å². The number of thioether (sulfide) groups is 1. The number of nitrogens with zero attached hydrogens (tertiary/aromatic N) is 2. The Morgan fingerprint density at radius 3 is 3.27 bits per heavy atom. The van der Waals surface area contributed by atoms with Crippen LogP contribution >= 0.6 is 11.8 Å². The fourth-order valence-electron chi connectivity index (χ4n) is 1.65. The number of hydrogen-bond donors (Lipinski definition) is 1. The Labute approximate surface area is 94.2 Å². The van der Waals surface area contributed by atoms with Crippen molar-refractivity contribution in [2.45, 2.75) is 25.5 Å². The van der Waals surface area contributed by atoms with Crippen LogP contribution in [0, 0.1) is 0 Å². The highest BCUT2D eigenvalue weighted by atomic mass is 32.2. The minimum atomic E-state index is 0.484. The summed E-state index contributed by atoms with van der Waals surface area (Å²) in [6.07, 6.45) is 6.48. The highest BCUT2D eigenvalue weighted by Crippen LogP contribution is 2.17. The first-order chi connectivity index (χ1) is 7.34. The van der Waals surface area contributed by atoms with Crippen LogP contribution in [0.3, 0.4) is 0 Å². The molecule has 0 radical (unpaired) electrons. The van der Waals surface area contributed by atoms with E-state index in [2.05, 4.69) is 5.10 Å². The van der Waals surface area contributed by atoms with Gasteiger partial charge in [-0.3, -0.25) is 4.68 Å². The van der Waals surface area contributed by atoms with Crippen LogP contribution in [0.2, 0.25) is 0 Å². The van der Waals surface area contributed by atoms with Crippen molar-refractivity contribution in [1.82, 2.24) is 9.78 Å². The highest BCUT2D eigenvalue weighted by Gasteiger charge is 2.14. The van der Waals surface area contributed by atoms with Crippen LogP contribution in [0.4, 0.5) is 5.69 Å². The van der Waals surface area contributed by atoms with Crippen LogP contribution in [0.1, 0.15) is 12.8 Å². The zero-order valence-corrected chi connectivity index (χ0v) is 9.58. The first-order valence-electron chi connectivity index (χ1n) is 5.32. The van der Waals surface area contributed by atoms with Gasteiger partial charge in [0.25, 0.3) is 0 Å². The summed E-state index contributed by atoms with van der Waals surface area (Å²) in [6.45, 7) is 1.87. The van der Waals surface area contributed by atoms with Crippen molar-refractivity contribution < 1.29 is 4.74 Å². The van der Waals surface area contributed by atoms with Gasteiger partial charge in [0, 0.05) is 24.3 Å². The smallest absolute Gasteiger partial charge is 0.0719 e. The number of aromatic nitrogens is 2. The van der Waals surface area contributed by atoms with Gasteiger partial charge in [0.05, 0.1) is 24.5 Å². The third-order valence-corrected chi connectivity index (χ3v) is 3.52. The molecule has 0 bridgehead atoms. The standard InChI is InChI=1S/C10H17N3OS/c11-9-6-12-13(7-9)3-5-15-8-10-2-1-4-14-10/h6-7,10H,1-5,8,11H2. The zero-order chi connectivity index (χ0) is 10.5. The van der Waals surface area contributed by atoms with E-state index in [0.717, 1.165) is 30.3 Å². The zero-order valence-electron chi connectivity index (χ0n) is 8.76. The molecule has 1 aromatic heterocycles. The summed E-state index contributed by atoms with van der Waals surface area (Å²) in [7, 11) is 0. The van der Waals surface area contributed by atoms with E-state index in [-0.39, 0.29) is 0 Å². The maximum Gasteiger partial charge on any atom is 0.0719 e. The molecule has 15 heavy (non-hydrogen) atoms. The van der Waals surface area contributed by atoms with Crippen molar-refractivity contribution in [2.75, 3.05) is 23.8 Å².